The number of aryl methyl sites for hydroxylation is 2. The van der Waals surface area contributed by atoms with Gasteiger partial charge in [0.1, 0.15) is 0 Å². The highest BCUT2D eigenvalue weighted by atomic mass is 35.5. The molecule has 0 unspecified atom stereocenters. The van der Waals surface area contributed by atoms with Crippen LogP contribution in [0.3, 0.4) is 0 Å². The second kappa shape index (κ2) is 8.52. The Bertz CT molecular complexity index is 1150. The average Bonchev–Trinajstić information content (AvgIpc) is 3.24. The number of anilines is 1. The second-order valence-electron chi connectivity index (χ2n) is 8.10. The first kappa shape index (κ1) is 20.5. The topological polar surface area (TPSA) is 65.2 Å². The molecule has 1 saturated carbocycles. The standard InChI is InChI=1S/C24H26ClN3O2/c1-15-10-11-17-12-18(23(29)27-22(17)16(15)2)14-28(21-8-3-4-9-21)24(30)26-20-7-5-6-19(25)13-20/h5-7,10-13,21H,3-4,8-9,14H2,1-2H3,(H,26,30)(H,27,29). The molecule has 4 rings (SSSR count). The van der Waals surface area contributed by atoms with Gasteiger partial charge in [0.2, 0.25) is 0 Å². The van der Waals surface area contributed by atoms with E-state index in [1.165, 1.54) is 0 Å². The van der Waals surface area contributed by atoms with Crippen molar-refractivity contribution in [2.45, 2.75) is 52.1 Å². The van der Waals surface area contributed by atoms with Crippen LogP contribution in [-0.4, -0.2) is 22.0 Å². The number of rotatable bonds is 4. The highest BCUT2D eigenvalue weighted by molar-refractivity contribution is 6.30. The zero-order chi connectivity index (χ0) is 21.3. The van der Waals surface area contributed by atoms with Crippen LogP contribution in [0.1, 0.15) is 42.4 Å². The highest BCUT2D eigenvalue weighted by Gasteiger charge is 2.28. The minimum absolute atomic E-state index is 0.124. The van der Waals surface area contributed by atoms with E-state index >= 15 is 0 Å². The summed E-state index contributed by atoms with van der Waals surface area (Å²) in [7, 11) is 0. The maximum absolute atomic E-state index is 13.1. The number of nitrogens with zero attached hydrogens (tertiary/aromatic N) is 1. The van der Waals surface area contributed by atoms with Crippen LogP contribution in [0.2, 0.25) is 5.02 Å². The monoisotopic (exact) mass is 423 g/mol. The van der Waals surface area contributed by atoms with E-state index in [0.29, 0.717) is 16.3 Å². The third-order valence-corrected chi connectivity index (χ3v) is 6.31. The molecule has 0 radical (unpaired) electrons. The van der Waals surface area contributed by atoms with Gasteiger partial charge in [0, 0.05) is 22.3 Å². The van der Waals surface area contributed by atoms with Gasteiger partial charge in [-0.1, -0.05) is 42.6 Å². The molecule has 0 spiro atoms. The first-order valence-electron chi connectivity index (χ1n) is 10.4. The highest BCUT2D eigenvalue weighted by Crippen LogP contribution is 2.27. The van der Waals surface area contributed by atoms with Gasteiger partial charge in [0.15, 0.2) is 0 Å². The van der Waals surface area contributed by atoms with Crippen LogP contribution in [0.5, 0.6) is 0 Å². The van der Waals surface area contributed by atoms with Gasteiger partial charge in [-0.2, -0.15) is 0 Å². The minimum Gasteiger partial charge on any atom is -0.321 e. The molecule has 1 aliphatic carbocycles. The lowest BCUT2D eigenvalue weighted by Crippen LogP contribution is -2.42. The Labute approximate surface area is 181 Å². The fourth-order valence-electron chi connectivity index (χ4n) is 4.22. The minimum atomic E-state index is -0.205. The molecule has 1 heterocycles. The molecular formula is C24H26ClN3O2. The number of amides is 2. The largest absolute Gasteiger partial charge is 0.322 e. The third kappa shape index (κ3) is 4.21. The predicted octanol–water partition coefficient (Wildman–Crippen LogP) is 5.78. The molecule has 1 fully saturated rings. The number of hydrogen-bond acceptors (Lipinski definition) is 2. The predicted molar refractivity (Wildman–Crippen MR) is 122 cm³/mol. The number of aromatic amines is 1. The number of hydrogen-bond donors (Lipinski definition) is 2. The molecule has 6 heteroatoms. The van der Waals surface area contributed by atoms with E-state index < -0.39 is 0 Å². The normalized spacial score (nSPS) is 14.2. The molecule has 5 nitrogen and oxygen atoms in total. The number of benzene rings is 2. The van der Waals surface area contributed by atoms with Gasteiger partial charge in [-0.05, 0) is 67.5 Å². The summed E-state index contributed by atoms with van der Waals surface area (Å²) in [6, 6.07) is 13.0. The fourth-order valence-corrected chi connectivity index (χ4v) is 4.41. The number of carbonyl (C=O) groups is 1. The summed E-state index contributed by atoms with van der Waals surface area (Å²) in [5, 5.41) is 4.49. The van der Waals surface area contributed by atoms with Gasteiger partial charge in [0.05, 0.1) is 12.1 Å². The summed E-state index contributed by atoms with van der Waals surface area (Å²) < 4.78 is 0. The Hall–Kier alpha value is -2.79. The number of halogens is 1. The number of urea groups is 1. The van der Waals surface area contributed by atoms with Crippen molar-refractivity contribution in [3.05, 3.63) is 74.5 Å². The Kier molecular flexibility index (Phi) is 5.82. The van der Waals surface area contributed by atoms with Gasteiger partial charge in [-0.15, -0.1) is 0 Å². The van der Waals surface area contributed by atoms with Crippen molar-refractivity contribution in [1.29, 1.82) is 0 Å². The second-order valence-corrected chi connectivity index (χ2v) is 8.54. The quantitative estimate of drug-likeness (QED) is 0.559. The Morgan fingerprint density at radius 1 is 1.17 bits per heavy atom. The van der Waals surface area contributed by atoms with E-state index in [9.17, 15) is 9.59 Å². The lowest BCUT2D eigenvalue weighted by molar-refractivity contribution is 0.184. The van der Waals surface area contributed by atoms with Crippen molar-refractivity contribution in [1.82, 2.24) is 9.88 Å². The number of aromatic nitrogens is 1. The van der Waals surface area contributed by atoms with Gasteiger partial charge in [0.25, 0.3) is 5.56 Å². The summed E-state index contributed by atoms with van der Waals surface area (Å²) in [6.07, 6.45) is 4.09. The van der Waals surface area contributed by atoms with Crippen LogP contribution >= 0.6 is 11.6 Å². The van der Waals surface area contributed by atoms with Crippen LogP contribution in [0.25, 0.3) is 10.9 Å². The van der Waals surface area contributed by atoms with E-state index in [1.807, 2.05) is 32.0 Å². The van der Waals surface area contributed by atoms with Gasteiger partial charge in [-0.25, -0.2) is 4.79 Å². The van der Waals surface area contributed by atoms with E-state index in [-0.39, 0.29) is 24.2 Å². The maximum Gasteiger partial charge on any atom is 0.322 e. The Morgan fingerprint density at radius 2 is 1.93 bits per heavy atom. The smallest absolute Gasteiger partial charge is 0.321 e. The Morgan fingerprint density at radius 3 is 2.67 bits per heavy atom. The molecule has 2 aromatic carbocycles. The molecule has 0 saturated heterocycles. The first-order valence-corrected chi connectivity index (χ1v) is 10.8. The van der Waals surface area contributed by atoms with Crippen molar-refractivity contribution < 1.29 is 4.79 Å². The molecule has 1 aromatic heterocycles. The SMILES string of the molecule is Cc1ccc2cc(CN(C(=O)Nc3cccc(Cl)c3)C3CCCC3)c(=O)[nH]c2c1C. The molecule has 2 amide bonds. The molecular weight excluding hydrogens is 398 g/mol. The molecule has 0 bridgehead atoms. The van der Waals surface area contributed by atoms with Crippen molar-refractivity contribution in [3.8, 4) is 0 Å². The lowest BCUT2D eigenvalue weighted by atomic mass is 10.0. The summed E-state index contributed by atoms with van der Waals surface area (Å²) in [5.74, 6) is 0. The molecule has 2 N–H and O–H groups in total. The number of carbonyl (C=O) groups excluding carboxylic acids is 1. The van der Waals surface area contributed by atoms with Crippen LogP contribution < -0.4 is 10.9 Å². The molecule has 0 atom stereocenters. The first-order chi connectivity index (χ1) is 14.4. The van der Waals surface area contributed by atoms with Crippen LogP contribution in [0, 0.1) is 13.8 Å². The summed E-state index contributed by atoms with van der Waals surface area (Å²) in [5.41, 5.74) is 4.17. The average molecular weight is 424 g/mol. The fraction of sp³-hybridized carbons (Fsp3) is 0.333. The number of H-pyrrole nitrogens is 1. The molecule has 156 valence electrons. The van der Waals surface area contributed by atoms with E-state index in [4.69, 9.17) is 11.6 Å². The molecule has 3 aromatic rings. The number of pyridine rings is 1. The summed E-state index contributed by atoms with van der Waals surface area (Å²) in [6.45, 7) is 4.31. The van der Waals surface area contributed by atoms with Crippen molar-refractivity contribution in [3.63, 3.8) is 0 Å². The van der Waals surface area contributed by atoms with Crippen LogP contribution in [0.4, 0.5) is 10.5 Å². The van der Waals surface area contributed by atoms with Gasteiger partial charge >= 0.3 is 6.03 Å². The van der Waals surface area contributed by atoms with E-state index in [1.54, 1.807) is 23.1 Å². The summed E-state index contributed by atoms with van der Waals surface area (Å²) in [4.78, 5) is 30.8. The van der Waals surface area contributed by atoms with Gasteiger partial charge in [-0.3, -0.25) is 4.79 Å². The van der Waals surface area contributed by atoms with Crippen molar-refractivity contribution >= 4 is 34.2 Å². The maximum atomic E-state index is 13.1. The van der Waals surface area contributed by atoms with E-state index in [0.717, 1.165) is 47.7 Å². The number of fused-ring (bicyclic) bond motifs is 1. The van der Waals surface area contributed by atoms with Crippen LogP contribution in [0.15, 0.2) is 47.3 Å². The van der Waals surface area contributed by atoms with Crippen molar-refractivity contribution in [2.75, 3.05) is 5.32 Å². The zero-order valence-corrected chi connectivity index (χ0v) is 18.1. The third-order valence-electron chi connectivity index (χ3n) is 6.07. The van der Waals surface area contributed by atoms with Gasteiger partial charge < -0.3 is 15.2 Å². The summed E-state index contributed by atoms with van der Waals surface area (Å²) >= 11 is 6.05. The zero-order valence-electron chi connectivity index (χ0n) is 17.3. The Balaban J connectivity index is 1.65. The molecule has 1 aliphatic rings. The van der Waals surface area contributed by atoms with Crippen molar-refractivity contribution in [2.24, 2.45) is 0 Å². The number of nitrogens with one attached hydrogen (secondary N) is 2. The lowest BCUT2D eigenvalue weighted by Gasteiger charge is -2.29. The molecule has 30 heavy (non-hydrogen) atoms. The van der Waals surface area contributed by atoms with E-state index in [2.05, 4.69) is 16.4 Å². The van der Waals surface area contributed by atoms with Crippen LogP contribution in [-0.2, 0) is 6.54 Å². The molecule has 0 aliphatic heterocycles.